The molecule has 42 heavy (non-hydrogen) atoms. The normalized spacial score (nSPS) is 17.9. The molecule has 1 aromatic heterocycles. The van der Waals surface area contributed by atoms with Crippen LogP contribution in [0, 0.1) is 6.92 Å². The highest BCUT2D eigenvalue weighted by Gasteiger charge is 2.53. The Balaban J connectivity index is 1.20. The third kappa shape index (κ3) is 4.16. The predicted octanol–water partition coefficient (Wildman–Crippen LogP) is 6.54. The summed E-state index contributed by atoms with van der Waals surface area (Å²) in [6.07, 6.45) is 0.422. The van der Waals surface area contributed by atoms with E-state index in [-0.39, 0.29) is 24.4 Å². The lowest BCUT2D eigenvalue weighted by atomic mass is 9.87. The number of hydrogen-bond acceptors (Lipinski definition) is 3. The maximum Gasteiger partial charge on any atom is 0.332 e. The standard InChI is InChI=1S/C34H27ClN4O3/c1-20-8-2-4-10-24(20)31-30-26(25-11-5-7-13-28(25)37-30)18-29-33(41)38(34(42)39(29)31)23-16-14-21(15-17-23)32(40)36-19-22-9-3-6-12-27(22)35/h2-17,29,31,37H,18-19H2,1H3,(H,36,40). The van der Waals surface area contributed by atoms with Crippen LogP contribution in [-0.2, 0) is 17.8 Å². The van der Waals surface area contributed by atoms with E-state index in [4.69, 9.17) is 11.6 Å². The number of carbonyl (C=O) groups excluding carboxylic acids is 3. The SMILES string of the molecule is Cc1ccccc1C1c2[nH]c3ccccc3c2CC2C(=O)N(c3ccc(C(=O)NCc4ccccc4Cl)cc3)C(=O)N21. The first-order chi connectivity index (χ1) is 20.4. The van der Waals surface area contributed by atoms with E-state index in [0.29, 0.717) is 22.7 Å². The fraction of sp³-hybridized carbons (Fsp3) is 0.147. The number of benzene rings is 4. The number of nitrogens with zero attached hydrogens (tertiary/aromatic N) is 2. The number of fused-ring (bicyclic) bond motifs is 4. The zero-order chi connectivity index (χ0) is 29.0. The van der Waals surface area contributed by atoms with Crippen molar-refractivity contribution < 1.29 is 14.4 Å². The van der Waals surface area contributed by atoms with E-state index in [9.17, 15) is 14.4 Å². The van der Waals surface area contributed by atoms with Crippen LogP contribution in [0.2, 0.25) is 5.02 Å². The molecule has 7 rings (SSSR count). The lowest BCUT2D eigenvalue weighted by Gasteiger charge is -2.36. The summed E-state index contributed by atoms with van der Waals surface area (Å²) in [7, 11) is 0. The number of aromatic nitrogens is 1. The van der Waals surface area contributed by atoms with E-state index < -0.39 is 12.1 Å². The average Bonchev–Trinajstić information content (AvgIpc) is 3.50. The molecule has 2 atom stereocenters. The van der Waals surface area contributed by atoms with Crippen LogP contribution in [0.15, 0.2) is 97.1 Å². The fourth-order valence-corrected chi connectivity index (χ4v) is 6.41. The van der Waals surface area contributed by atoms with Crippen molar-refractivity contribution >= 4 is 46.0 Å². The van der Waals surface area contributed by atoms with E-state index in [1.54, 1.807) is 35.2 Å². The minimum Gasteiger partial charge on any atom is -0.356 e. The van der Waals surface area contributed by atoms with Crippen LogP contribution >= 0.6 is 11.6 Å². The van der Waals surface area contributed by atoms with Gasteiger partial charge in [-0.3, -0.25) is 14.5 Å². The number of anilines is 1. The predicted molar refractivity (Wildman–Crippen MR) is 163 cm³/mol. The number of halogens is 1. The van der Waals surface area contributed by atoms with Crippen LogP contribution in [0.1, 0.15) is 44.3 Å². The van der Waals surface area contributed by atoms with Gasteiger partial charge in [0.05, 0.1) is 5.69 Å². The molecule has 4 amide bonds. The number of urea groups is 1. The molecule has 5 aromatic rings. The van der Waals surface area contributed by atoms with Crippen molar-refractivity contribution in [2.75, 3.05) is 4.90 Å². The molecule has 0 spiro atoms. The van der Waals surface area contributed by atoms with E-state index in [1.807, 2.05) is 67.6 Å². The van der Waals surface area contributed by atoms with Crippen molar-refractivity contribution in [1.29, 1.82) is 0 Å². The molecule has 2 aliphatic rings. The molecule has 8 heteroatoms. The maximum atomic E-state index is 14.1. The number of hydrogen-bond donors (Lipinski definition) is 2. The van der Waals surface area contributed by atoms with Gasteiger partial charge < -0.3 is 10.3 Å². The second-order valence-electron chi connectivity index (χ2n) is 10.7. The third-order valence-corrected chi connectivity index (χ3v) is 8.69. The van der Waals surface area contributed by atoms with Gasteiger partial charge >= 0.3 is 6.03 Å². The summed E-state index contributed by atoms with van der Waals surface area (Å²) in [4.78, 5) is 47.4. The summed E-state index contributed by atoms with van der Waals surface area (Å²) in [5.41, 5.74) is 6.67. The molecular weight excluding hydrogens is 548 g/mol. The van der Waals surface area contributed by atoms with Crippen LogP contribution in [-0.4, -0.2) is 33.8 Å². The molecule has 208 valence electrons. The van der Waals surface area contributed by atoms with E-state index in [1.165, 1.54) is 4.90 Å². The van der Waals surface area contributed by atoms with Crippen molar-refractivity contribution in [1.82, 2.24) is 15.2 Å². The number of aryl methyl sites for hydroxylation is 1. The molecule has 0 bridgehead atoms. The van der Waals surface area contributed by atoms with Crippen LogP contribution in [0.25, 0.3) is 10.9 Å². The number of nitrogens with one attached hydrogen (secondary N) is 2. The van der Waals surface area contributed by atoms with Gasteiger partial charge in [0.2, 0.25) is 0 Å². The van der Waals surface area contributed by atoms with Gasteiger partial charge in [0, 0.05) is 40.1 Å². The number of rotatable bonds is 5. The van der Waals surface area contributed by atoms with E-state index >= 15 is 0 Å². The Morgan fingerprint density at radius 2 is 1.64 bits per heavy atom. The lowest BCUT2D eigenvalue weighted by Crippen LogP contribution is -2.44. The summed E-state index contributed by atoms with van der Waals surface area (Å²) in [5, 5.41) is 4.52. The molecule has 3 heterocycles. The molecule has 2 aliphatic heterocycles. The van der Waals surface area contributed by atoms with Crippen molar-refractivity contribution in [3.8, 4) is 0 Å². The molecule has 0 radical (unpaired) electrons. The molecule has 7 nitrogen and oxygen atoms in total. The van der Waals surface area contributed by atoms with Crippen LogP contribution in [0.4, 0.5) is 10.5 Å². The Morgan fingerprint density at radius 1 is 0.929 bits per heavy atom. The van der Waals surface area contributed by atoms with Crippen LogP contribution in [0.3, 0.4) is 0 Å². The van der Waals surface area contributed by atoms with E-state index in [0.717, 1.165) is 38.9 Å². The first-order valence-corrected chi connectivity index (χ1v) is 14.2. The minimum absolute atomic E-state index is 0.273. The quantitative estimate of drug-likeness (QED) is 0.234. The second kappa shape index (κ2) is 10.2. The van der Waals surface area contributed by atoms with Crippen molar-refractivity contribution in [2.45, 2.75) is 32.0 Å². The monoisotopic (exact) mass is 574 g/mol. The summed E-state index contributed by atoms with van der Waals surface area (Å²) >= 11 is 6.21. The van der Waals surface area contributed by atoms with Gasteiger partial charge in [-0.1, -0.05) is 72.3 Å². The Kier molecular flexibility index (Phi) is 6.32. The highest BCUT2D eigenvalue weighted by molar-refractivity contribution is 6.31. The zero-order valence-electron chi connectivity index (χ0n) is 22.8. The highest BCUT2D eigenvalue weighted by Crippen LogP contribution is 2.45. The first kappa shape index (κ1) is 26.0. The molecule has 0 aliphatic carbocycles. The number of amides is 4. The second-order valence-corrected chi connectivity index (χ2v) is 11.1. The van der Waals surface area contributed by atoms with Gasteiger partial charge in [-0.25, -0.2) is 9.69 Å². The third-order valence-electron chi connectivity index (χ3n) is 8.32. The Morgan fingerprint density at radius 3 is 2.43 bits per heavy atom. The fourth-order valence-electron chi connectivity index (χ4n) is 6.21. The largest absolute Gasteiger partial charge is 0.356 e. The van der Waals surface area contributed by atoms with Gasteiger partial charge in [0.25, 0.3) is 11.8 Å². The summed E-state index contributed by atoms with van der Waals surface area (Å²) < 4.78 is 0. The Hall–Kier alpha value is -4.88. The molecule has 0 saturated carbocycles. The van der Waals surface area contributed by atoms with Gasteiger partial charge in [-0.2, -0.15) is 0 Å². The smallest absolute Gasteiger partial charge is 0.332 e. The number of imide groups is 1. The number of aromatic amines is 1. The zero-order valence-corrected chi connectivity index (χ0v) is 23.6. The minimum atomic E-state index is -0.646. The number of para-hydroxylation sites is 1. The van der Waals surface area contributed by atoms with Crippen molar-refractivity contribution in [3.05, 3.63) is 136 Å². The molecule has 1 fully saturated rings. The molecule has 1 saturated heterocycles. The summed E-state index contributed by atoms with van der Waals surface area (Å²) in [6, 6.07) is 28.5. The number of carbonyl (C=O) groups is 3. The van der Waals surface area contributed by atoms with Gasteiger partial charge in [-0.15, -0.1) is 0 Å². The first-order valence-electron chi connectivity index (χ1n) is 13.9. The van der Waals surface area contributed by atoms with Gasteiger partial charge in [0.15, 0.2) is 0 Å². The van der Waals surface area contributed by atoms with Crippen LogP contribution < -0.4 is 10.2 Å². The molecule has 2 N–H and O–H groups in total. The number of H-pyrrole nitrogens is 1. The van der Waals surface area contributed by atoms with Gasteiger partial charge in [0.1, 0.15) is 12.1 Å². The topological polar surface area (TPSA) is 85.5 Å². The van der Waals surface area contributed by atoms with Crippen LogP contribution in [0.5, 0.6) is 0 Å². The Bertz CT molecular complexity index is 1880. The highest BCUT2D eigenvalue weighted by atomic mass is 35.5. The van der Waals surface area contributed by atoms with Crippen molar-refractivity contribution in [2.24, 2.45) is 0 Å². The summed E-state index contributed by atoms with van der Waals surface area (Å²) in [5.74, 6) is -0.548. The Labute approximate surface area is 247 Å². The molecule has 2 unspecified atom stereocenters. The molecular formula is C34H27ClN4O3. The lowest BCUT2D eigenvalue weighted by molar-refractivity contribution is -0.120. The van der Waals surface area contributed by atoms with E-state index in [2.05, 4.69) is 16.4 Å². The maximum absolute atomic E-state index is 14.1. The van der Waals surface area contributed by atoms with Crippen molar-refractivity contribution in [3.63, 3.8) is 0 Å². The average molecular weight is 575 g/mol. The summed E-state index contributed by atoms with van der Waals surface area (Å²) in [6.45, 7) is 2.31. The molecule has 4 aromatic carbocycles. The van der Waals surface area contributed by atoms with Gasteiger partial charge in [-0.05, 0) is 65.6 Å².